The van der Waals surface area contributed by atoms with E-state index in [1.54, 1.807) is 4.90 Å². The van der Waals surface area contributed by atoms with Crippen LogP contribution in [0.1, 0.15) is 15.1 Å². The van der Waals surface area contributed by atoms with Gasteiger partial charge in [0.05, 0.1) is 15.1 Å². The second-order valence-corrected chi connectivity index (χ2v) is 14.9. The molecule has 0 spiro atoms. The summed E-state index contributed by atoms with van der Waals surface area (Å²) in [6.07, 6.45) is 0. The first-order valence-electron chi connectivity index (χ1n) is 25.6. The Labute approximate surface area is 372 Å². The Morgan fingerprint density at radius 3 is 1.41 bits per heavy atom. The lowest BCUT2D eigenvalue weighted by Gasteiger charge is -2.26. The summed E-state index contributed by atoms with van der Waals surface area (Å²) in [6, 6.07) is 54.4. The quantitative estimate of drug-likeness (QED) is 0.148. The Bertz CT molecular complexity index is 3940. The lowest BCUT2D eigenvalue weighted by molar-refractivity contribution is 1.28. The third-order valence-electron chi connectivity index (χ3n) is 11.3. The lowest BCUT2D eigenvalue weighted by atomic mass is 9.95. The van der Waals surface area contributed by atoms with Gasteiger partial charge >= 0.3 is 0 Å². The van der Waals surface area contributed by atoms with E-state index in [0.29, 0.717) is 11.4 Å². The molecule has 286 valence electrons. The topological polar surface area (TPSA) is 3.24 Å². The van der Waals surface area contributed by atoms with Crippen LogP contribution >= 0.6 is 0 Å². The minimum Gasteiger partial charge on any atom is -0.311 e. The molecule has 0 aliphatic rings. The fourth-order valence-corrected chi connectivity index (χ4v) is 8.22. The minimum absolute atomic E-state index is 0.104. The highest BCUT2D eigenvalue weighted by Crippen LogP contribution is 2.40. The molecule has 11 aromatic rings. The van der Waals surface area contributed by atoms with Crippen LogP contribution in [0.3, 0.4) is 0 Å². The number of anilines is 3. The van der Waals surface area contributed by atoms with Gasteiger partial charge in [-0.05, 0) is 130 Å². The van der Waals surface area contributed by atoms with Gasteiger partial charge in [-0.2, -0.15) is 0 Å². The number of hydrogen-bond acceptors (Lipinski definition) is 1. The highest BCUT2D eigenvalue weighted by atomic mass is 15.1. The van der Waals surface area contributed by atoms with Crippen LogP contribution in [-0.2, 0) is 0 Å². The lowest BCUT2D eigenvalue weighted by Crippen LogP contribution is -2.09. The van der Waals surface area contributed by atoms with Crippen molar-refractivity contribution in [2.45, 2.75) is 0 Å². The molecule has 0 aliphatic heterocycles. The number of nitrogens with zero attached hydrogens (tertiary/aromatic N) is 1. The average Bonchev–Trinajstić information content (AvgIpc) is 3.42. The Kier molecular flexibility index (Phi) is 6.71. The minimum atomic E-state index is -0.670. The monoisotopic (exact) mass is 786 g/mol. The Morgan fingerprint density at radius 1 is 0.262 bits per heavy atom. The summed E-state index contributed by atoms with van der Waals surface area (Å²) in [7, 11) is 0. The zero-order valence-corrected chi connectivity index (χ0v) is 32.8. The van der Waals surface area contributed by atoms with Crippen molar-refractivity contribution >= 4 is 49.4 Å². The van der Waals surface area contributed by atoms with Crippen molar-refractivity contribution in [3.63, 3.8) is 0 Å². The molecule has 11 rings (SSSR count). The first kappa shape index (κ1) is 26.2. The van der Waals surface area contributed by atoms with Crippen molar-refractivity contribution in [1.29, 1.82) is 0 Å². The van der Waals surface area contributed by atoms with E-state index in [4.69, 9.17) is 9.60 Å². The van der Waals surface area contributed by atoms with Crippen LogP contribution in [0.25, 0.3) is 88.0 Å². The van der Waals surface area contributed by atoms with Gasteiger partial charge in [0.2, 0.25) is 0 Å². The van der Waals surface area contributed by atoms with Gasteiger partial charge in [0.25, 0.3) is 0 Å². The van der Waals surface area contributed by atoms with Crippen LogP contribution in [0.4, 0.5) is 17.1 Å². The first-order valence-corrected chi connectivity index (χ1v) is 20.1. The second kappa shape index (κ2) is 15.6. The number of hydrogen-bond donors (Lipinski definition) is 0. The van der Waals surface area contributed by atoms with E-state index in [1.165, 1.54) is 0 Å². The third-order valence-corrected chi connectivity index (χ3v) is 11.3. The molecule has 0 radical (unpaired) electrons. The molecule has 0 saturated carbocycles. The molecule has 1 nitrogen and oxygen atoms in total. The molecule has 0 aliphatic carbocycles. The SMILES string of the molecule is [2H]c1c([2H])c(N(c2ccc(-c3ccc(-c4cccc5ccccc45)cc3)cc2)c2ccc(-c3cccc(-c4cccc5ccccc45)c3)cc2)c([2H])c([2H])c1-c1c([2H])c([2H])c([2H])c2c([2H])c([2H])c([2H])c([2H])c12. The zero-order chi connectivity index (χ0) is 50.1. The average molecular weight is 787 g/mol. The van der Waals surface area contributed by atoms with Crippen LogP contribution in [0.2, 0.25) is 0 Å². The van der Waals surface area contributed by atoms with Crippen molar-refractivity contribution in [3.8, 4) is 55.6 Å². The molecule has 0 bridgehead atoms. The van der Waals surface area contributed by atoms with Gasteiger partial charge in [-0.3, -0.25) is 0 Å². The Hall–Kier alpha value is -8.00. The molecule has 0 heterocycles. The van der Waals surface area contributed by atoms with Gasteiger partial charge < -0.3 is 4.90 Å². The summed E-state index contributed by atoms with van der Waals surface area (Å²) in [6.45, 7) is 0. The van der Waals surface area contributed by atoms with Crippen LogP contribution < -0.4 is 4.90 Å². The van der Waals surface area contributed by atoms with E-state index < -0.39 is 72.0 Å². The molecule has 0 atom stereocenters. The molecule has 0 unspecified atom stereocenters. The van der Waals surface area contributed by atoms with Crippen molar-refractivity contribution in [2.24, 2.45) is 0 Å². The van der Waals surface area contributed by atoms with Crippen molar-refractivity contribution in [1.82, 2.24) is 0 Å². The summed E-state index contributed by atoms with van der Waals surface area (Å²) in [5.41, 5.74) is 8.26. The highest BCUT2D eigenvalue weighted by molar-refractivity contribution is 5.99. The summed E-state index contributed by atoms with van der Waals surface area (Å²) in [5, 5.41) is 3.94. The normalized spacial score (nSPS) is 13.8. The molecule has 0 amide bonds. The fraction of sp³-hybridized carbons (Fsp3) is 0. The highest BCUT2D eigenvalue weighted by Gasteiger charge is 2.15. The summed E-state index contributed by atoms with van der Waals surface area (Å²) >= 11 is 0. The van der Waals surface area contributed by atoms with Gasteiger partial charge in [0.1, 0.15) is 0 Å². The van der Waals surface area contributed by atoms with Crippen molar-refractivity contribution in [2.75, 3.05) is 4.90 Å². The smallest absolute Gasteiger partial charge is 0.0645 e. The predicted molar refractivity (Wildman–Crippen MR) is 261 cm³/mol. The summed E-state index contributed by atoms with van der Waals surface area (Å²) < 4.78 is 98.8. The summed E-state index contributed by atoms with van der Waals surface area (Å²) in [5.74, 6) is 0. The molecule has 0 saturated heterocycles. The molecule has 0 fully saturated rings. The zero-order valence-electron chi connectivity index (χ0n) is 43.8. The van der Waals surface area contributed by atoms with Gasteiger partial charge in [-0.1, -0.05) is 206 Å². The first-order chi connectivity index (χ1) is 34.8. The van der Waals surface area contributed by atoms with E-state index in [2.05, 4.69) is 97.1 Å². The molecule has 61 heavy (non-hydrogen) atoms. The maximum absolute atomic E-state index is 9.63. The summed E-state index contributed by atoms with van der Waals surface area (Å²) in [4.78, 5) is 1.66. The number of fused-ring (bicyclic) bond motifs is 3. The molecular formula is C60H41N. The van der Waals surface area contributed by atoms with Crippen LogP contribution in [-0.4, -0.2) is 0 Å². The molecule has 0 aromatic heterocycles. The number of benzene rings is 11. The van der Waals surface area contributed by atoms with Gasteiger partial charge in [0.15, 0.2) is 0 Å². The van der Waals surface area contributed by atoms with Gasteiger partial charge in [-0.15, -0.1) is 0 Å². The van der Waals surface area contributed by atoms with Gasteiger partial charge in [0, 0.05) is 17.1 Å². The van der Waals surface area contributed by atoms with E-state index >= 15 is 0 Å². The second-order valence-electron chi connectivity index (χ2n) is 14.9. The molecule has 0 N–H and O–H groups in total. The van der Waals surface area contributed by atoms with E-state index in [9.17, 15) is 5.48 Å². The van der Waals surface area contributed by atoms with Gasteiger partial charge in [-0.25, -0.2) is 0 Å². The van der Waals surface area contributed by atoms with Crippen molar-refractivity contribution in [3.05, 3.63) is 248 Å². The Morgan fingerprint density at radius 2 is 0.754 bits per heavy atom. The standard InChI is InChI=1S/C60H41N/c1-4-19-55-45(11-1)14-8-22-58(55)48-27-25-42(26-28-48)43-29-35-52(36-30-43)61(54-39-33-49(34-40-54)59-23-9-15-46-12-2-5-20-56(46)59)53-37-31-44(32-38-53)50-17-7-18-51(41-50)60-24-10-16-47-13-3-6-21-57(47)60/h1-41H/i2D,5D,9D,12D,15D,20D,23D,33D,34D,39D,40D. The maximum Gasteiger partial charge on any atom is 0.0645 e. The van der Waals surface area contributed by atoms with E-state index in [-0.39, 0.29) is 22.0 Å². The molecule has 1 heteroatoms. The maximum atomic E-state index is 9.63. The third kappa shape index (κ3) is 6.93. The van der Waals surface area contributed by atoms with Crippen LogP contribution in [0.5, 0.6) is 0 Å². The van der Waals surface area contributed by atoms with E-state index in [0.717, 1.165) is 66.1 Å². The number of rotatable bonds is 8. The predicted octanol–water partition coefficient (Wildman–Crippen LogP) is 17.0. The van der Waals surface area contributed by atoms with E-state index in [1.807, 2.05) is 84.9 Å². The van der Waals surface area contributed by atoms with Crippen LogP contribution in [0.15, 0.2) is 248 Å². The van der Waals surface area contributed by atoms with Crippen molar-refractivity contribution < 1.29 is 15.1 Å². The Balaban J connectivity index is 1.04. The molecular weight excluding hydrogens is 735 g/mol. The molecule has 11 aromatic carbocycles. The largest absolute Gasteiger partial charge is 0.311 e. The fourth-order valence-electron chi connectivity index (χ4n) is 8.22. The van der Waals surface area contributed by atoms with Crippen LogP contribution in [0, 0.1) is 0 Å².